The smallest absolute Gasteiger partial charge is 0.275 e. The van der Waals surface area contributed by atoms with Gasteiger partial charge in [-0.1, -0.05) is 30.3 Å². The predicted molar refractivity (Wildman–Crippen MR) is 106 cm³/mol. The maximum atomic E-state index is 14.5. The summed E-state index contributed by atoms with van der Waals surface area (Å²) in [4.78, 5) is 13.2. The van der Waals surface area contributed by atoms with Crippen LogP contribution in [-0.2, 0) is 15.3 Å². The predicted octanol–water partition coefficient (Wildman–Crippen LogP) is 2.85. The van der Waals surface area contributed by atoms with Crippen LogP contribution in [0.4, 0.5) is 8.78 Å². The minimum atomic E-state index is -1.42. The number of benzene rings is 2. The molecule has 0 saturated heterocycles. The Kier molecular flexibility index (Phi) is 5.53. The van der Waals surface area contributed by atoms with Crippen LogP contribution in [0.1, 0.15) is 36.8 Å². The van der Waals surface area contributed by atoms with Crippen molar-refractivity contribution < 1.29 is 23.4 Å². The Labute approximate surface area is 172 Å². The first-order valence-electron chi connectivity index (χ1n) is 9.97. The standard InChI is InChI=1S/C22H23F2N3O3/c23-16-9-10-18(24)17(13-16)20-26-27(21(29)19(28)14-7-8-14)22(30-20,11-4-12-25)15-5-2-1-3-6-15/h1-3,5-6,9-10,13-14,19,28H,4,7-8,11-12,25H2/t19-,22?/m0/s1. The van der Waals surface area contributed by atoms with E-state index in [2.05, 4.69) is 5.10 Å². The molecule has 4 rings (SSSR count). The van der Waals surface area contributed by atoms with Crippen LogP contribution in [0.25, 0.3) is 0 Å². The van der Waals surface area contributed by atoms with E-state index < -0.39 is 29.4 Å². The van der Waals surface area contributed by atoms with E-state index >= 15 is 0 Å². The number of amides is 1. The molecule has 1 unspecified atom stereocenters. The Hall–Kier alpha value is -2.84. The van der Waals surface area contributed by atoms with Crippen LogP contribution < -0.4 is 5.73 Å². The average molecular weight is 415 g/mol. The molecule has 30 heavy (non-hydrogen) atoms. The molecule has 1 aliphatic heterocycles. The molecule has 1 amide bonds. The van der Waals surface area contributed by atoms with Gasteiger partial charge in [0.05, 0.1) is 5.56 Å². The first kappa shape index (κ1) is 20.4. The molecule has 3 N–H and O–H groups in total. The quantitative estimate of drug-likeness (QED) is 0.728. The highest BCUT2D eigenvalue weighted by Crippen LogP contribution is 2.43. The molecule has 2 aromatic rings. The van der Waals surface area contributed by atoms with Gasteiger partial charge >= 0.3 is 0 Å². The van der Waals surface area contributed by atoms with Gasteiger partial charge in [0, 0.05) is 12.0 Å². The molecule has 1 fully saturated rings. The maximum Gasteiger partial charge on any atom is 0.275 e. The summed E-state index contributed by atoms with van der Waals surface area (Å²) in [7, 11) is 0. The van der Waals surface area contributed by atoms with E-state index in [0.29, 0.717) is 18.5 Å². The topological polar surface area (TPSA) is 88.2 Å². The molecule has 1 heterocycles. The van der Waals surface area contributed by atoms with Crippen molar-refractivity contribution >= 4 is 11.8 Å². The number of nitrogens with zero attached hydrogens (tertiary/aromatic N) is 2. The fourth-order valence-corrected chi connectivity index (χ4v) is 3.65. The van der Waals surface area contributed by atoms with Crippen LogP contribution in [0.5, 0.6) is 0 Å². The summed E-state index contributed by atoms with van der Waals surface area (Å²) in [5.74, 6) is -2.37. The zero-order chi connectivity index (χ0) is 21.3. The van der Waals surface area contributed by atoms with Gasteiger partial charge in [0.1, 0.15) is 17.7 Å². The minimum absolute atomic E-state index is 0.134. The number of hydrogen-bond acceptors (Lipinski definition) is 5. The van der Waals surface area contributed by atoms with Crippen molar-refractivity contribution in [3.8, 4) is 0 Å². The molecule has 2 aromatic carbocycles. The molecule has 158 valence electrons. The van der Waals surface area contributed by atoms with Crippen molar-refractivity contribution in [2.45, 2.75) is 37.5 Å². The second-order valence-corrected chi connectivity index (χ2v) is 7.61. The third-order valence-corrected chi connectivity index (χ3v) is 5.43. The molecule has 0 spiro atoms. The van der Waals surface area contributed by atoms with Crippen LogP contribution in [0.2, 0.25) is 0 Å². The monoisotopic (exact) mass is 415 g/mol. The van der Waals surface area contributed by atoms with Gasteiger partial charge in [-0.25, -0.2) is 8.78 Å². The van der Waals surface area contributed by atoms with Gasteiger partial charge in [0.2, 0.25) is 11.6 Å². The SMILES string of the molecule is NCCCC1(c2ccccc2)OC(c2cc(F)ccc2F)=NN1C(=O)[C@@H](O)C1CC1. The van der Waals surface area contributed by atoms with E-state index in [-0.39, 0.29) is 23.8 Å². The number of aliphatic hydroxyl groups excluding tert-OH is 1. The largest absolute Gasteiger partial charge is 0.443 e. The van der Waals surface area contributed by atoms with Gasteiger partial charge in [0.15, 0.2) is 0 Å². The zero-order valence-electron chi connectivity index (χ0n) is 16.3. The molecule has 0 radical (unpaired) electrons. The molecule has 2 aliphatic rings. The minimum Gasteiger partial charge on any atom is -0.443 e. The van der Waals surface area contributed by atoms with E-state index in [1.54, 1.807) is 24.3 Å². The number of halogens is 2. The second kappa shape index (κ2) is 8.12. The van der Waals surface area contributed by atoms with Gasteiger partial charge < -0.3 is 15.6 Å². The lowest BCUT2D eigenvalue weighted by molar-refractivity contribution is -0.162. The molecule has 1 saturated carbocycles. The molecule has 1 aliphatic carbocycles. The van der Waals surface area contributed by atoms with E-state index in [9.17, 15) is 18.7 Å². The van der Waals surface area contributed by atoms with Gasteiger partial charge in [-0.2, -0.15) is 5.01 Å². The number of carbonyl (C=O) groups excluding carboxylic acids is 1. The first-order chi connectivity index (χ1) is 14.5. The summed E-state index contributed by atoms with van der Waals surface area (Å²) in [6.07, 6.45) is 0.998. The van der Waals surface area contributed by atoms with E-state index in [1.807, 2.05) is 6.07 Å². The lowest BCUT2D eigenvalue weighted by Crippen LogP contribution is -2.49. The summed E-state index contributed by atoms with van der Waals surface area (Å²) in [5, 5.41) is 15.8. The highest BCUT2D eigenvalue weighted by atomic mass is 19.1. The Morgan fingerprint density at radius 3 is 2.67 bits per heavy atom. The second-order valence-electron chi connectivity index (χ2n) is 7.61. The molecular weight excluding hydrogens is 392 g/mol. The van der Waals surface area contributed by atoms with E-state index in [4.69, 9.17) is 10.5 Å². The lowest BCUT2D eigenvalue weighted by atomic mass is 9.95. The Morgan fingerprint density at radius 1 is 1.27 bits per heavy atom. The normalized spacial score (nSPS) is 21.9. The molecule has 0 bridgehead atoms. The molecule has 6 nitrogen and oxygen atoms in total. The molecule has 0 aromatic heterocycles. The number of carbonyl (C=O) groups is 1. The van der Waals surface area contributed by atoms with E-state index in [0.717, 1.165) is 36.0 Å². The summed E-state index contributed by atoms with van der Waals surface area (Å²) in [6.45, 7) is 0.328. The van der Waals surface area contributed by atoms with Gasteiger partial charge in [-0.05, 0) is 49.9 Å². The Bertz CT molecular complexity index is 965. The number of hydrogen-bond donors (Lipinski definition) is 2. The van der Waals surface area contributed by atoms with Crippen molar-refractivity contribution in [3.05, 3.63) is 71.3 Å². The van der Waals surface area contributed by atoms with Crippen molar-refractivity contribution in [1.29, 1.82) is 0 Å². The summed E-state index contributed by atoms with van der Waals surface area (Å²) < 4.78 is 34.4. The van der Waals surface area contributed by atoms with Gasteiger partial charge in [-0.3, -0.25) is 4.79 Å². The van der Waals surface area contributed by atoms with Crippen molar-refractivity contribution in [3.63, 3.8) is 0 Å². The fourth-order valence-electron chi connectivity index (χ4n) is 3.65. The van der Waals surface area contributed by atoms with Crippen molar-refractivity contribution in [2.24, 2.45) is 16.8 Å². The summed E-state index contributed by atoms with van der Waals surface area (Å²) in [6, 6.07) is 11.8. The van der Waals surface area contributed by atoms with Crippen molar-refractivity contribution in [1.82, 2.24) is 5.01 Å². The number of nitrogens with two attached hydrogens (primary N) is 1. The Morgan fingerprint density at radius 2 is 2.00 bits per heavy atom. The van der Waals surface area contributed by atoms with Crippen LogP contribution in [0.15, 0.2) is 53.6 Å². The fraction of sp³-hybridized carbons (Fsp3) is 0.364. The maximum absolute atomic E-state index is 14.5. The van der Waals surface area contributed by atoms with Crippen LogP contribution in [-0.4, -0.2) is 34.6 Å². The van der Waals surface area contributed by atoms with Gasteiger partial charge in [0.25, 0.3) is 5.91 Å². The zero-order valence-corrected chi connectivity index (χ0v) is 16.3. The molecule has 8 heteroatoms. The number of hydrazone groups is 1. The van der Waals surface area contributed by atoms with Crippen molar-refractivity contribution in [2.75, 3.05) is 6.54 Å². The number of ether oxygens (including phenoxy) is 1. The average Bonchev–Trinajstić information content (AvgIpc) is 3.54. The third-order valence-electron chi connectivity index (χ3n) is 5.43. The summed E-state index contributed by atoms with van der Waals surface area (Å²) in [5.41, 5.74) is 4.71. The third kappa shape index (κ3) is 3.68. The summed E-state index contributed by atoms with van der Waals surface area (Å²) >= 11 is 0. The van der Waals surface area contributed by atoms with E-state index in [1.165, 1.54) is 0 Å². The molecular formula is C22H23F2N3O3. The highest BCUT2D eigenvalue weighted by molar-refractivity contribution is 5.97. The first-order valence-corrected chi connectivity index (χ1v) is 9.97. The lowest BCUT2D eigenvalue weighted by Gasteiger charge is -2.36. The highest BCUT2D eigenvalue weighted by Gasteiger charge is 2.52. The van der Waals surface area contributed by atoms with Crippen LogP contribution in [0.3, 0.4) is 0 Å². The van der Waals surface area contributed by atoms with Crippen LogP contribution in [0, 0.1) is 17.6 Å². The number of rotatable bonds is 7. The van der Waals surface area contributed by atoms with Gasteiger partial charge in [-0.15, -0.1) is 5.10 Å². The molecule has 2 atom stereocenters. The number of aliphatic hydroxyl groups is 1. The van der Waals surface area contributed by atoms with Crippen LogP contribution >= 0.6 is 0 Å². The Balaban J connectivity index is 1.82.